The zero-order valence-corrected chi connectivity index (χ0v) is 16.5. The summed E-state index contributed by atoms with van der Waals surface area (Å²) in [6, 6.07) is 10.2. The summed E-state index contributed by atoms with van der Waals surface area (Å²) >= 11 is 0. The van der Waals surface area contributed by atoms with Gasteiger partial charge in [-0.2, -0.15) is 0 Å². The Hall–Kier alpha value is -2.89. The standard InChI is InChI=1S/C22H27N5O/c1-15-12-16(2)26-22(25-15)27-11-5-6-18(14-27)21(28)23-10-9-17-13-24-20-8-4-3-7-19(17)20/h3-4,7-8,12-13,18,24H,5-6,9-11,14H2,1-2H3,(H,23,28)/t18-/m0/s1. The third kappa shape index (κ3) is 4.01. The van der Waals surface area contributed by atoms with E-state index in [9.17, 15) is 4.79 Å². The molecule has 0 saturated carbocycles. The molecule has 2 N–H and O–H groups in total. The predicted octanol–water partition coefficient (Wildman–Crippen LogP) is 3.15. The lowest BCUT2D eigenvalue weighted by Gasteiger charge is -2.32. The van der Waals surface area contributed by atoms with Crippen molar-refractivity contribution in [2.75, 3.05) is 24.5 Å². The Balaban J connectivity index is 1.34. The van der Waals surface area contributed by atoms with Crippen molar-refractivity contribution in [1.82, 2.24) is 20.3 Å². The van der Waals surface area contributed by atoms with Crippen LogP contribution in [0.25, 0.3) is 10.9 Å². The second kappa shape index (κ2) is 8.00. The van der Waals surface area contributed by atoms with Gasteiger partial charge < -0.3 is 15.2 Å². The van der Waals surface area contributed by atoms with Crippen LogP contribution in [0, 0.1) is 19.8 Å². The molecule has 146 valence electrons. The van der Waals surface area contributed by atoms with Gasteiger partial charge in [0.2, 0.25) is 11.9 Å². The van der Waals surface area contributed by atoms with Crippen LogP contribution in [0.5, 0.6) is 0 Å². The molecule has 0 spiro atoms. The topological polar surface area (TPSA) is 73.9 Å². The Bertz CT molecular complexity index is 960. The highest BCUT2D eigenvalue weighted by atomic mass is 16.1. The molecule has 1 amide bonds. The van der Waals surface area contributed by atoms with Crippen LogP contribution in [0.4, 0.5) is 5.95 Å². The Morgan fingerprint density at radius 2 is 2.04 bits per heavy atom. The smallest absolute Gasteiger partial charge is 0.225 e. The zero-order valence-electron chi connectivity index (χ0n) is 16.5. The molecule has 4 rings (SSSR count). The lowest BCUT2D eigenvalue weighted by atomic mass is 9.97. The number of hydrogen-bond acceptors (Lipinski definition) is 4. The minimum Gasteiger partial charge on any atom is -0.361 e. The van der Waals surface area contributed by atoms with E-state index >= 15 is 0 Å². The summed E-state index contributed by atoms with van der Waals surface area (Å²) < 4.78 is 0. The number of nitrogens with zero attached hydrogens (tertiary/aromatic N) is 3. The number of hydrogen-bond donors (Lipinski definition) is 2. The second-order valence-corrected chi connectivity index (χ2v) is 7.64. The monoisotopic (exact) mass is 377 g/mol. The fraction of sp³-hybridized carbons (Fsp3) is 0.409. The quantitative estimate of drug-likeness (QED) is 0.716. The molecule has 0 aliphatic carbocycles. The van der Waals surface area contributed by atoms with Crippen LogP contribution < -0.4 is 10.2 Å². The van der Waals surface area contributed by atoms with Gasteiger partial charge in [-0.1, -0.05) is 18.2 Å². The van der Waals surface area contributed by atoms with E-state index in [-0.39, 0.29) is 11.8 Å². The van der Waals surface area contributed by atoms with Crippen molar-refractivity contribution in [3.05, 3.63) is 53.5 Å². The van der Waals surface area contributed by atoms with Crippen molar-refractivity contribution >= 4 is 22.8 Å². The van der Waals surface area contributed by atoms with E-state index in [1.54, 1.807) is 0 Å². The number of carbonyl (C=O) groups excluding carboxylic acids is 1. The van der Waals surface area contributed by atoms with Crippen LogP contribution in [-0.2, 0) is 11.2 Å². The number of piperidine rings is 1. The molecule has 28 heavy (non-hydrogen) atoms. The van der Waals surface area contributed by atoms with Crippen LogP contribution >= 0.6 is 0 Å². The zero-order chi connectivity index (χ0) is 19.5. The first-order chi connectivity index (χ1) is 13.6. The summed E-state index contributed by atoms with van der Waals surface area (Å²) in [5.74, 6) is 0.865. The highest BCUT2D eigenvalue weighted by molar-refractivity contribution is 5.83. The summed E-state index contributed by atoms with van der Waals surface area (Å²) in [5.41, 5.74) is 4.31. The molecular formula is C22H27N5O. The number of benzene rings is 1. The van der Waals surface area contributed by atoms with Gasteiger partial charge in [0.05, 0.1) is 5.92 Å². The number of anilines is 1. The van der Waals surface area contributed by atoms with Gasteiger partial charge >= 0.3 is 0 Å². The first kappa shape index (κ1) is 18.5. The third-order valence-corrected chi connectivity index (χ3v) is 5.41. The molecule has 1 aliphatic rings. The SMILES string of the molecule is Cc1cc(C)nc(N2CCC[C@H](C(=O)NCCc3c[nH]c4ccccc34)C2)n1. The Labute approximate surface area is 165 Å². The molecule has 0 radical (unpaired) electrons. The molecule has 6 nitrogen and oxygen atoms in total. The fourth-order valence-corrected chi connectivity index (χ4v) is 4.02. The highest BCUT2D eigenvalue weighted by Gasteiger charge is 2.27. The normalized spacial score (nSPS) is 17.1. The van der Waals surface area contributed by atoms with Gasteiger partial charge in [0.25, 0.3) is 0 Å². The number of amides is 1. The number of nitrogens with one attached hydrogen (secondary N) is 2. The summed E-state index contributed by atoms with van der Waals surface area (Å²) in [5, 5.41) is 4.36. The van der Waals surface area contributed by atoms with Crippen LogP contribution in [0.1, 0.15) is 29.8 Å². The van der Waals surface area contributed by atoms with E-state index < -0.39 is 0 Å². The molecule has 1 aromatic carbocycles. The number of rotatable bonds is 5. The van der Waals surface area contributed by atoms with Crippen molar-refractivity contribution in [3.63, 3.8) is 0 Å². The minimum absolute atomic E-state index is 0.0128. The average Bonchev–Trinajstić information content (AvgIpc) is 3.10. The van der Waals surface area contributed by atoms with Gasteiger partial charge in [-0.25, -0.2) is 9.97 Å². The highest BCUT2D eigenvalue weighted by Crippen LogP contribution is 2.22. The van der Waals surface area contributed by atoms with Crippen molar-refractivity contribution in [1.29, 1.82) is 0 Å². The van der Waals surface area contributed by atoms with Gasteiger partial charge in [0.1, 0.15) is 0 Å². The Morgan fingerprint density at radius 1 is 1.25 bits per heavy atom. The fourth-order valence-electron chi connectivity index (χ4n) is 4.02. The number of aryl methyl sites for hydroxylation is 2. The first-order valence-electron chi connectivity index (χ1n) is 10.00. The van der Waals surface area contributed by atoms with Gasteiger partial charge in [-0.3, -0.25) is 4.79 Å². The van der Waals surface area contributed by atoms with E-state index in [0.29, 0.717) is 13.1 Å². The summed E-state index contributed by atoms with van der Waals surface area (Å²) in [4.78, 5) is 27.3. The van der Waals surface area contributed by atoms with Crippen molar-refractivity contribution < 1.29 is 4.79 Å². The van der Waals surface area contributed by atoms with E-state index in [1.165, 1.54) is 10.9 Å². The molecule has 2 aromatic heterocycles. The maximum atomic E-state index is 12.7. The number of para-hydroxylation sites is 1. The van der Waals surface area contributed by atoms with Gasteiger partial charge in [0, 0.05) is 48.1 Å². The van der Waals surface area contributed by atoms with Crippen LogP contribution in [0.2, 0.25) is 0 Å². The molecule has 3 heterocycles. The molecule has 0 unspecified atom stereocenters. The van der Waals surface area contributed by atoms with Crippen LogP contribution in [0.15, 0.2) is 36.5 Å². The molecule has 1 aliphatic heterocycles. The molecule has 3 aromatic rings. The number of aromatic nitrogens is 3. The number of H-pyrrole nitrogens is 1. The molecule has 6 heteroatoms. The van der Waals surface area contributed by atoms with Gasteiger partial charge in [0.15, 0.2) is 0 Å². The summed E-state index contributed by atoms with van der Waals surface area (Å²) in [6.07, 6.45) is 4.76. The van der Waals surface area contributed by atoms with E-state index in [1.807, 2.05) is 38.2 Å². The number of aromatic amines is 1. The number of carbonyl (C=O) groups is 1. The van der Waals surface area contributed by atoms with Crippen molar-refractivity contribution in [2.45, 2.75) is 33.1 Å². The lowest BCUT2D eigenvalue weighted by Crippen LogP contribution is -2.44. The Morgan fingerprint density at radius 3 is 2.86 bits per heavy atom. The largest absolute Gasteiger partial charge is 0.361 e. The number of fused-ring (bicyclic) bond motifs is 1. The third-order valence-electron chi connectivity index (χ3n) is 5.41. The Kier molecular flexibility index (Phi) is 5.28. The molecule has 1 fully saturated rings. The maximum absolute atomic E-state index is 12.7. The van der Waals surface area contributed by atoms with Crippen LogP contribution in [-0.4, -0.2) is 40.5 Å². The van der Waals surface area contributed by atoms with Crippen LogP contribution in [0.3, 0.4) is 0 Å². The van der Waals surface area contributed by atoms with Crippen molar-refractivity contribution in [2.24, 2.45) is 5.92 Å². The minimum atomic E-state index is -0.0128. The molecule has 1 saturated heterocycles. The second-order valence-electron chi connectivity index (χ2n) is 7.64. The maximum Gasteiger partial charge on any atom is 0.225 e. The lowest BCUT2D eigenvalue weighted by molar-refractivity contribution is -0.125. The van der Waals surface area contributed by atoms with Crippen molar-refractivity contribution in [3.8, 4) is 0 Å². The van der Waals surface area contributed by atoms with E-state index in [4.69, 9.17) is 0 Å². The molecule has 0 bridgehead atoms. The molecular weight excluding hydrogens is 350 g/mol. The van der Waals surface area contributed by atoms with Gasteiger partial charge in [-0.05, 0) is 50.8 Å². The predicted molar refractivity (Wildman–Crippen MR) is 111 cm³/mol. The molecule has 1 atom stereocenters. The summed E-state index contributed by atoms with van der Waals surface area (Å²) in [7, 11) is 0. The van der Waals surface area contributed by atoms with Gasteiger partial charge in [-0.15, -0.1) is 0 Å². The van der Waals surface area contributed by atoms with E-state index in [2.05, 4.69) is 37.3 Å². The summed E-state index contributed by atoms with van der Waals surface area (Å²) in [6.45, 7) is 6.20. The average molecular weight is 377 g/mol. The van der Waals surface area contributed by atoms with E-state index in [0.717, 1.165) is 48.7 Å². The first-order valence-corrected chi connectivity index (χ1v) is 10.00.